The Morgan fingerprint density at radius 3 is 2.47 bits per heavy atom. The van der Waals surface area contributed by atoms with Crippen LogP contribution in [0.4, 0.5) is 0 Å². The van der Waals surface area contributed by atoms with Gasteiger partial charge in [-0.3, -0.25) is 0 Å². The van der Waals surface area contributed by atoms with Gasteiger partial charge < -0.3 is 9.47 Å². The van der Waals surface area contributed by atoms with Crippen molar-refractivity contribution in [2.75, 3.05) is 13.7 Å². The van der Waals surface area contributed by atoms with E-state index in [0.717, 1.165) is 11.1 Å². The van der Waals surface area contributed by atoms with Gasteiger partial charge in [0.25, 0.3) is 0 Å². The van der Waals surface area contributed by atoms with Crippen molar-refractivity contribution in [3.05, 3.63) is 54.1 Å². The molecule has 19 heavy (non-hydrogen) atoms. The van der Waals surface area contributed by atoms with Crippen LogP contribution in [-0.2, 0) is 4.74 Å². The lowest BCUT2D eigenvalue weighted by Crippen LogP contribution is -2.06. The molecule has 0 heterocycles. The maximum absolute atomic E-state index is 12.0. The van der Waals surface area contributed by atoms with Crippen LogP contribution in [0.25, 0.3) is 11.1 Å². The van der Waals surface area contributed by atoms with Gasteiger partial charge in [-0.05, 0) is 36.2 Å². The molecule has 0 atom stereocenters. The summed E-state index contributed by atoms with van der Waals surface area (Å²) in [6.07, 6.45) is 0. The molecule has 2 rings (SSSR count). The van der Waals surface area contributed by atoms with Crippen LogP contribution in [0.15, 0.2) is 48.5 Å². The third-order valence-electron chi connectivity index (χ3n) is 2.81. The van der Waals surface area contributed by atoms with Crippen LogP contribution < -0.4 is 4.74 Å². The maximum Gasteiger partial charge on any atom is 0.338 e. The molecular weight excluding hydrogens is 240 g/mol. The second-order valence-electron chi connectivity index (χ2n) is 4.00. The van der Waals surface area contributed by atoms with Crippen LogP contribution in [0.5, 0.6) is 5.75 Å². The van der Waals surface area contributed by atoms with E-state index in [1.807, 2.05) is 36.4 Å². The fourth-order valence-electron chi connectivity index (χ4n) is 1.89. The summed E-state index contributed by atoms with van der Waals surface area (Å²) in [6, 6.07) is 15.1. The first kappa shape index (κ1) is 13.1. The lowest BCUT2D eigenvalue weighted by Gasteiger charge is -2.11. The van der Waals surface area contributed by atoms with Crippen LogP contribution in [-0.4, -0.2) is 19.7 Å². The molecule has 0 saturated carbocycles. The summed E-state index contributed by atoms with van der Waals surface area (Å²) in [5, 5.41) is 0. The molecular formula is C16H16O3. The second kappa shape index (κ2) is 6.05. The third-order valence-corrected chi connectivity index (χ3v) is 2.81. The van der Waals surface area contributed by atoms with Crippen LogP contribution in [0.3, 0.4) is 0 Å². The van der Waals surface area contributed by atoms with Crippen molar-refractivity contribution in [3.8, 4) is 16.9 Å². The number of esters is 1. The van der Waals surface area contributed by atoms with Gasteiger partial charge in [-0.2, -0.15) is 0 Å². The Hall–Kier alpha value is -2.29. The molecule has 3 heteroatoms. The van der Waals surface area contributed by atoms with Crippen molar-refractivity contribution in [3.63, 3.8) is 0 Å². The first-order chi connectivity index (χ1) is 9.26. The van der Waals surface area contributed by atoms with E-state index in [1.165, 1.54) is 0 Å². The van der Waals surface area contributed by atoms with Crippen molar-refractivity contribution >= 4 is 5.97 Å². The van der Waals surface area contributed by atoms with Gasteiger partial charge in [0.1, 0.15) is 5.75 Å². The zero-order valence-electron chi connectivity index (χ0n) is 11.1. The van der Waals surface area contributed by atoms with E-state index in [2.05, 4.69) is 0 Å². The first-order valence-electron chi connectivity index (χ1n) is 6.17. The van der Waals surface area contributed by atoms with Crippen LogP contribution in [0.1, 0.15) is 17.3 Å². The van der Waals surface area contributed by atoms with Gasteiger partial charge in [0, 0.05) is 0 Å². The van der Waals surface area contributed by atoms with E-state index in [9.17, 15) is 4.79 Å². The van der Waals surface area contributed by atoms with Crippen LogP contribution in [0.2, 0.25) is 0 Å². The zero-order chi connectivity index (χ0) is 13.7. The largest absolute Gasteiger partial charge is 0.497 e. The van der Waals surface area contributed by atoms with Gasteiger partial charge in [0.05, 0.1) is 19.3 Å². The topological polar surface area (TPSA) is 35.5 Å². The minimum atomic E-state index is -0.316. The summed E-state index contributed by atoms with van der Waals surface area (Å²) in [5.74, 6) is 0.399. The Kier molecular flexibility index (Phi) is 4.18. The van der Waals surface area contributed by atoms with E-state index in [0.29, 0.717) is 17.9 Å². The summed E-state index contributed by atoms with van der Waals surface area (Å²) in [6.45, 7) is 2.16. The minimum Gasteiger partial charge on any atom is -0.497 e. The molecule has 0 aliphatic rings. The molecule has 0 N–H and O–H groups in total. The average molecular weight is 256 g/mol. The normalized spacial score (nSPS) is 10.0. The molecule has 0 unspecified atom stereocenters. The number of carbonyl (C=O) groups excluding carboxylic acids is 1. The lowest BCUT2D eigenvalue weighted by atomic mass is 9.99. The molecule has 0 fully saturated rings. The van der Waals surface area contributed by atoms with Gasteiger partial charge in [-0.15, -0.1) is 0 Å². The highest BCUT2D eigenvalue weighted by atomic mass is 16.5. The van der Waals surface area contributed by atoms with Gasteiger partial charge in [0.15, 0.2) is 0 Å². The Morgan fingerprint density at radius 2 is 1.84 bits per heavy atom. The number of hydrogen-bond donors (Lipinski definition) is 0. The molecule has 0 spiro atoms. The Bertz CT molecular complexity index is 561. The molecule has 3 nitrogen and oxygen atoms in total. The fourth-order valence-corrected chi connectivity index (χ4v) is 1.89. The molecule has 0 amide bonds. The predicted molar refractivity (Wildman–Crippen MR) is 74.4 cm³/mol. The molecule has 2 aromatic carbocycles. The smallest absolute Gasteiger partial charge is 0.338 e. The van der Waals surface area contributed by atoms with Gasteiger partial charge in [0.2, 0.25) is 0 Å². The Morgan fingerprint density at radius 1 is 1.11 bits per heavy atom. The van der Waals surface area contributed by atoms with Gasteiger partial charge >= 0.3 is 5.97 Å². The molecule has 2 aromatic rings. The van der Waals surface area contributed by atoms with Crippen LogP contribution in [0, 0.1) is 0 Å². The molecule has 98 valence electrons. The van der Waals surface area contributed by atoms with E-state index in [4.69, 9.17) is 9.47 Å². The van der Waals surface area contributed by atoms with Crippen LogP contribution >= 0.6 is 0 Å². The Balaban J connectivity index is 2.52. The van der Waals surface area contributed by atoms with E-state index >= 15 is 0 Å². The summed E-state index contributed by atoms with van der Waals surface area (Å²) < 4.78 is 10.3. The SMILES string of the molecule is CCOC(=O)c1ccc(OC)cc1-c1ccccc1. The number of methoxy groups -OCH3 is 1. The molecule has 0 radical (unpaired) electrons. The molecule has 0 aromatic heterocycles. The van der Waals surface area contributed by atoms with E-state index in [-0.39, 0.29) is 5.97 Å². The highest BCUT2D eigenvalue weighted by Crippen LogP contribution is 2.28. The number of hydrogen-bond acceptors (Lipinski definition) is 3. The van der Waals surface area contributed by atoms with E-state index < -0.39 is 0 Å². The lowest BCUT2D eigenvalue weighted by molar-refractivity contribution is 0.0527. The standard InChI is InChI=1S/C16H16O3/c1-3-19-16(17)14-10-9-13(18-2)11-15(14)12-7-5-4-6-8-12/h4-11H,3H2,1-2H3. The third kappa shape index (κ3) is 2.94. The van der Waals surface area contributed by atoms with Crippen molar-refractivity contribution in [2.45, 2.75) is 6.92 Å². The molecule has 0 aliphatic heterocycles. The monoisotopic (exact) mass is 256 g/mol. The Labute approximate surface area is 112 Å². The minimum absolute atomic E-state index is 0.316. The van der Waals surface area contributed by atoms with Gasteiger partial charge in [-0.1, -0.05) is 30.3 Å². The van der Waals surface area contributed by atoms with Crippen molar-refractivity contribution in [1.82, 2.24) is 0 Å². The molecule has 0 aliphatic carbocycles. The fraction of sp³-hybridized carbons (Fsp3) is 0.188. The summed E-state index contributed by atoms with van der Waals surface area (Å²) in [5.41, 5.74) is 2.33. The predicted octanol–water partition coefficient (Wildman–Crippen LogP) is 3.54. The number of carbonyl (C=O) groups is 1. The number of benzene rings is 2. The van der Waals surface area contributed by atoms with Crippen molar-refractivity contribution in [1.29, 1.82) is 0 Å². The average Bonchev–Trinajstić information content (AvgIpc) is 2.47. The number of rotatable bonds is 4. The first-order valence-corrected chi connectivity index (χ1v) is 6.17. The van der Waals surface area contributed by atoms with Gasteiger partial charge in [-0.25, -0.2) is 4.79 Å². The summed E-state index contributed by atoms with van der Waals surface area (Å²) in [7, 11) is 1.61. The molecule has 0 saturated heterocycles. The van der Waals surface area contributed by atoms with Crippen molar-refractivity contribution < 1.29 is 14.3 Å². The quantitative estimate of drug-likeness (QED) is 0.785. The second-order valence-corrected chi connectivity index (χ2v) is 4.00. The van der Waals surface area contributed by atoms with Crippen molar-refractivity contribution in [2.24, 2.45) is 0 Å². The maximum atomic E-state index is 12.0. The summed E-state index contributed by atoms with van der Waals surface area (Å²) >= 11 is 0. The zero-order valence-corrected chi connectivity index (χ0v) is 11.1. The number of ether oxygens (including phenoxy) is 2. The summed E-state index contributed by atoms with van der Waals surface area (Å²) in [4.78, 5) is 12.0. The molecule has 0 bridgehead atoms. The van der Waals surface area contributed by atoms with E-state index in [1.54, 1.807) is 26.2 Å². The highest BCUT2D eigenvalue weighted by molar-refractivity contribution is 5.97. The highest BCUT2D eigenvalue weighted by Gasteiger charge is 2.14.